The Kier molecular flexibility index (Phi) is 7.89. The third-order valence-electron chi connectivity index (χ3n) is 4.48. The van der Waals surface area contributed by atoms with Gasteiger partial charge in [-0.3, -0.25) is 4.90 Å². The van der Waals surface area contributed by atoms with E-state index < -0.39 is 18.9 Å². The summed E-state index contributed by atoms with van der Waals surface area (Å²) in [7, 11) is 1.92. The molecule has 1 atom stereocenters. The zero-order valence-electron chi connectivity index (χ0n) is 16.6. The molecule has 2 aromatic rings. The third kappa shape index (κ3) is 7.52. The molecule has 0 radical (unpaired) electrons. The van der Waals surface area contributed by atoms with Gasteiger partial charge in [0.15, 0.2) is 6.61 Å². The zero-order chi connectivity index (χ0) is 20.7. The van der Waals surface area contributed by atoms with Crippen molar-refractivity contribution in [2.45, 2.75) is 45.5 Å². The molecule has 3 nitrogen and oxygen atoms in total. The quantitative estimate of drug-likeness (QED) is 0.670. The maximum absolute atomic E-state index is 12.4. The van der Waals surface area contributed by atoms with Gasteiger partial charge in [-0.2, -0.15) is 13.2 Å². The molecule has 1 unspecified atom stereocenters. The highest BCUT2D eigenvalue weighted by Gasteiger charge is 2.29. The highest BCUT2D eigenvalue weighted by molar-refractivity contribution is 5.43. The molecule has 154 valence electrons. The van der Waals surface area contributed by atoms with Crippen LogP contribution >= 0.6 is 0 Å². The van der Waals surface area contributed by atoms with Crippen LogP contribution < -0.4 is 4.74 Å². The number of alkyl halides is 3. The SMILES string of the molecule is Cc1cc(CN(C)CC(O)CCc2ccccc2)cc(C)c1OCC(F)(F)F. The second-order valence-electron chi connectivity index (χ2n) is 7.34. The minimum absolute atomic E-state index is 0.284. The van der Waals surface area contributed by atoms with E-state index in [1.54, 1.807) is 13.8 Å². The number of likely N-dealkylation sites (N-methyl/N-ethyl adjacent to an activating group) is 1. The van der Waals surface area contributed by atoms with Crippen LogP contribution in [0.2, 0.25) is 0 Å². The van der Waals surface area contributed by atoms with Crippen LogP contribution in [0.1, 0.15) is 28.7 Å². The molecule has 0 aliphatic heterocycles. The summed E-state index contributed by atoms with van der Waals surface area (Å²) in [5.41, 5.74) is 3.53. The Labute approximate surface area is 164 Å². The van der Waals surface area contributed by atoms with Crippen molar-refractivity contribution >= 4 is 0 Å². The zero-order valence-corrected chi connectivity index (χ0v) is 16.6. The summed E-state index contributed by atoms with van der Waals surface area (Å²) in [4.78, 5) is 2.01. The monoisotopic (exact) mass is 395 g/mol. The molecule has 0 bridgehead atoms. The lowest BCUT2D eigenvalue weighted by atomic mass is 10.0. The number of aliphatic hydroxyl groups is 1. The molecule has 2 rings (SSSR count). The van der Waals surface area contributed by atoms with Crippen LogP contribution in [-0.2, 0) is 13.0 Å². The molecule has 0 fully saturated rings. The number of benzene rings is 2. The van der Waals surface area contributed by atoms with Crippen molar-refractivity contribution < 1.29 is 23.0 Å². The predicted molar refractivity (Wildman–Crippen MR) is 105 cm³/mol. The summed E-state index contributed by atoms with van der Waals surface area (Å²) in [5.74, 6) is 0.284. The molecule has 2 aromatic carbocycles. The van der Waals surface area contributed by atoms with E-state index in [1.165, 1.54) is 5.56 Å². The summed E-state index contributed by atoms with van der Waals surface area (Å²) in [6.07, 6.45) is -3.30. The van der Waals surface area contributed by atoms with Crippen molar-refractivity contribution in [1.82, 2.24) is 4.90 Å². The molecule has 0 saturated carbocycles. The van der Waals surface area contributed by atoms with Crippen molar-refractivity contribution in [3.05, 3.63) is 64.7 Å². The minimum atomic E-state index is -4.35. The molecule has 6 heteroatoms. The molecule has 0 amide bonds. The predicted octanol–water partition coefficient (Wildman–Crippen LogP) is 4.67. The van der Waals surface area contributed by atoms with E-state index in [4.69, 9.17) is 4.74 Å². The van der Waals surface area contributed by atoms with Crippen molar-refractivity contribution in [3.8, 4) is 5.75 Å². The summed E-state index contributed by atoms with van der Waals surface area (Å²) < 4.78 is 42.1. The lowest BCUT2D eigenvalue weighted by Gasteiger charge is -2.22. The van der Waals surface area contributed by atoms with Gasteiger partial charge in [0.2, 0.25) is 0 Å². The first kappa shape index (κ1) is 22.2. The highest BCUT2D eigenvalue weighted by Crippen LogP contribution is 2.27. The van der Waals surface area contributed by atoms with Gasteiger partial charge in [-0.15, -0.1) is 0 Å². The van der Waals surface area contributed by atoms with Gasteiger partial charge in [0.25, 0.3) is 0 Å². The van der Waals surface area contributed by atoms with Gasteiger partial charge in [-0.1, -0.05) is 42.5 Å². The number of rotatable bonds is 9. The van der Waals surface area contributed by atoms with E-state index in [-0.39, 0.29) is 5.75 Å². The normalized spacial score (nSPS) is 13.0. The molecular formula is C22H28F3NO2. The molecule has 28 heavy (non-hydrogen) atoms. The fraction of sp³-hybridized carbons (Fsp3) is 0.455. The van der Waals surface area contributed by atoms with Gasteiger partial charge in [-0.05, 0) is 56.0 Å². The minimum Gasteiger partial charge on any atom is -0.484 e. The lowest BCUT2D eigenvalue weighted by Crippen LogP contribution is -2.29. The van der Waals surface area contributed by atoms with Gasteiger partial charge in [-0.25, -0.2) is 0 Å². The van der Waals surface area contributed by atoms with Crippen molar-refractivity contribution in [2.75, 3.05) is 20.2 Å². The number of ether oxygens (including phenoxy) is 1. The average Bonchev–Trinajstić information content (AvgIpc) is 2.59. The topological polar surface area (TPSA) is 32.7 Å². The summed E-state index contributed by atoms with van der Waals surface area (Å²) >= 11 is 0. The lowest BCUT2D eigenvalue weighted by molar-refractivity contribution is -0.153. The summed E-state index contributed by atoms with van der Waals surface area (Å²) in [6, 6.07) is 13.7. The molecule has 0 aliphatic rings. The molecule has 0 spiro atoms. The van der Waals surface area contributed by atoms with Crippen LogP contribution in [0.15, 0.2) is 42.5 Å². The van der Waals surface area contributed by atoms with E-state index in [0.29, 0.717) is 30.6 Å². The highest BCUT2D eigenvalue weighted by atomic mass is 19.4. The molecule has 0 aliphatic carbocycles. The molecule has 0 saturated heterocycles. The number of hydrogen-bond acceptors (Lipinski definition) is 3. The standard InChI is InChI=1S/C22H28F3NO2/c1-16-11-19(12-17(2)21(16)28-15-22(23,24)25)13-26(3)14-20(27)10-9-18-7-5-4-6-8-18/h4-8,11-12,20,27H,9-10,13-15H2,1-3H3. The molecule has 1 N–H and O–H groups in total. The number of aliphatic hydroxyl groups excluding tert-OH is 1. The average molecular weight is 395 g/mol. The molecular weight excluding hydrogens is 367 g/mol. The Balaban J connectivity index is 1.88. The first-order valence-electron chi connectivity index (χ1n) is 9.34. The van der Waals surface area contributed by atoms with Crippen LogP contribution in [0.25, 0.3) is 0 Å². The Bertz CT molecular complexity index is 724. The van der Waals surface area contributed by atoms with Gasteiger partial charge in [0, 0.05) is 13.1 Å². The van der Waals surface area contributed by atoms with E-state index in [0.717, 1.165) is 12.0 Å². The maximum Gasteiger partial charge on any atom is 0.422 e. The van der Waals surface area contributed by atoms with E-state index in [1.807, 2.05) is 54.4 Å². The summed E-state index contributed by atoms with van der Waals surface area (Å²) in [5, 5.41) is 10.3. The first-order chi connectivity index (χ1) is 13.1. The second kappa shape index (κ2) is 9.94. The van der Waals surface area contributed by atoms with E-state index in [9.17, 15) is 18.3 Å². The van der Waals surface area contributed by atoms with E-state index in [2.05, 4.69) is 0 Å². The van der Waals surface area contributed by atoms with Crippen LogP contribution in [0, 0.1) is 13.8 Å². The third-order valence-corrected chi connectivity index (χ3v) is 4.48. The van der Waals surface area contributed by atoms with Gasteiger partial charge in [0.05, 0.1) is 6.10 Å². The van der Waals surface area contributed by atoms with Crippen LogP contribution in [-0.4, -0.2) is 42.5 Å². The Hall–Kier alpha value is -2.05. The largest absolute Gasteiger partial charge is 0.484 e. The fourth-order valence-electron chi connectivity index (χ4n) is 3.32. The van der Waals surface area contributed by atoms with E-state index >= 15 is 0 Å². The summed E-state index contributed by atoms with van der Waals surface area (Å²) in [6.45, 7) is 3.33. The van der Waals surface area contributed by atoms with Crippen LogP contribution in [0.5, 0.6) is 5.75 Å². The number of nitrogens with zero attached hydrogens (tertiary/aromatic N) is 1. The van der Waals surface area contributed by atoms with Crippen molar-refractivity contribution in [1.29, 1.82) is 0 Å². The second-order valence-corrected chi connectivity index (χ2v) is 7.34. The maximum atomic E-state index is 12.4. The number of aryl methyl sites for hydroxylation is 3. The molecule has 0 heterocycles. The first-order valence-corrected chi connectivity index (χ1v) is 9.34. The van der Waals surface area contributed by atoms with Crippen molar-refractivity contribution in [2.24, 2.45) is 0 Å². The number of halogens is 3. The Morgan fingerprint density at radius 1 is 1.04 bits per heavy atom. The fourth-order valence-corrected chi connectivity index (χ4v) is 3.32. The van der Waals surface area contributed by atoms with Gasteiger partial charge >= 0.3 is 6.18 Å². The Morgan fingerprint density at radius 2 is 1.64 bits per heavy atom. The van der Waals surface area contributed by atoms with Gasteiger partial charge in [0.1, 0.15) is 5.75 Å². The van der Waals surface area contributed by atoms with Crippen molar-refractivity contribution in [3.63, 3.8) is 0 Å². The van der Waals surface area contributed by atoms with Gasteiger partial charge < -0.3 is 9.84 Å². The smallest absolute Gasteiger partial charge is 0.422 e. The Morgan fingerprint density at radius 3 is 2.21 bits per heavy atom. The number of hydrogen-bond donors (Lipinski definition) is 1. The van der Waals surface area contributed by atoms with Crippen LogP contribution in [0.4, 0.5) is 13.2 Å². The molecule has 0 aromatic heterocycles. The van der Waals surface area contributed by atoms with Crippen LogP contribution in [0.3, 0.4) is 0 Å².